The van der Waals surface area contributed by atoms with Crippen molar-refractivity contribution >= 4 is 17.5 Å². The fourth-order valence-electron chi connectivity index (χ4n) is 0.871. The van der Waals surface area contributed by atoms with Gasteiger partial charge in [0.25, 0.3) is 5.91 Å². The highest BCUT2D eigenvalue weighted by atomic mass is 35.5. The molecule has 0 unspecified atom stereocenters. The lowest BCUT2D eigenvalue weighted by molar-refractivity contribution is -0.112. The van der Waals surface area contributed by atoms with E-state index in [0.717, 1.165) is 0 Å². The zero-order valence-corrected chi connectivity index (χ0v) is 8.15. The first-order valence-corrected chi connectivity index (χ1v) is 4.15. The van der Waals surface area contributed by atoms with Crippen LogP contribution in [-0.2, 0) is 4.79 Å². The number of carbonyl (C=O) groups excluding carboxylic acids is 1. The van der Waals surface area contributed by atoms with Gasteiger partial charge in [-0.2, -0.15) is 0 Å². The Hall–Kier alpha value is -1.53. The molecule has 2 N–H and O–H groups in total. The van der Waals surface area contributed by atoms with Gasteiger partial charge >= 0.3 is 0 Å². The largest absolute Gasteiger partial charge is 0.359 e. The quantitative estimate of drug-likeness (QED) is 0.652. The van der Waals surface area contributed by atoms with E-state index in [4.69, 9.17) is 17.3 Å². The molecule has 72 valence electrons. The van der Waals surface area contributed by atoms with Crippen molar-refractivity contribution in [3.63, 3.8) is 0 Å². The standard InChI is InChI=1S/C10H7ClFNO/c1-6-4-9(12)7(5-8(6)11)2-3-10(13)14/h4-5H,1H3,(H2,13,14). The van der Waals surface area contributed by atoms with Crippen LogP contribution in [0.3, 0.4) is 0 Å². The van der Waals surface area contributed by atoms with E-state index >= 15 is 0 Å². The van der Waals surface area contributed by atoms with Gasteiger partial charge in [-0.15, -0.1) is 0 Å². The van der Waals surface area contributed by atoms with Gasteiger partial charge in [-0.3, -0.25) is 4.79 Å². The topological polar surface area (TPSA) is 43.1 Å². The number of carbonyl (C=O) groups is 1. The normalized spacial score (nSPS) is 9.07. The second kappa shape index (κ2) is 4.12. The van der Waals surface area contributed by atoms with Crippen molar-refractivity contribution in [1.29, 1.82) is 0 Å². The maximum atomic E-state index is 13.2. The Bertz CT molecular complexity index is 445. The summed E-state index contributed by atoms with van der Waals surface area (Å²) >= 11 is 5.75. The Balaban J connectivity index is 3.18. The molecule has 1 aromatic carbocycles. The monoisotopic (exact) mass is 211 g/mol. The maximum Gasteiger partial charge on any atom is 0.293 e. The van der Waals surface area contributed by atoms with Crippen LogP contribution in [0.25, 0.3) is 0 Å². The molecule has 0 atom stereocenters. The van der Waals surface area contributed by atoms with Gasteiger partial charge in [-0.1, -0.05) is 17.5 Å². The SMILES string of the molecule is Cc1cc(F)c(C#CC(N)=O)cc1Cl. The average molecular weight is 212 g/mol. The van der Waals surface area contributed by atoms with Crippen LogP contribution in [0.5, 0.6) is 0 Å². The predicted molar refractivity (Wildman–Crippen MR) is 52.2 cm³/mol. The van der Waals surface area contributed by atoms with Gasteiger partial charge in [0.15, 0.2) is 0 Å². The van der Waals surface area contributed by atoms with E-state index in [1.54, 1.807) is 6.92 Å². The Morgan fingerprint density at radius 1 is 1.57 bits per heavy atom. The molecule has 0 aromatic heterocycles. The molecule has 2 nitrogen and oxygen atoms in total. The molecule has 1 rings (SSSR count). The summed E-state index contributed by atoms with van der Waals surface area (Å²) in [5.41, 5.74) is 5.48. The van der Waals surface area contributed by atoms with Crippen molar-refractivity contribution in [2.45, 2.75) is 6.92 Å². The molecular formula is C10H7ClFNO. The Morgan fingerprint density at radius 3 is 2.79 bits per heavy atom. The molecule has 0 aliphatic heterocycles. The van der Waals surface area contributed by atoms with E-state index < -0.39 is 11.7 Å². The molecule has 0 radical (unpaired) electrons. The summed E-state index contributed by atoms with van der Waals surface area (Å²) in [5.74, 6) is 3.02. The number of rotatable bonds is 0. The summed E-state index contributed by atoms with van der Waals surface area (Å²) in [4.78, 5) is 10.3. The number of amides is 1. The van der Waals surface area contributed by atoms with Crippen molar-refractivity contribution < 1.29 is 9.18 Å². The van der Waals surface area contributed by atoms with Crippen LogP contribution in [0.15, 0.2) is 12.1 Å². The molecule has 0 aliphatic carbocycles. The molecular weight excluding hydrogens is 205 g/mol. The third-order valence-corrected chi connectivity index (χ3v) is 1.98. The number of aryl methyl sites for hydroxylation is 1. The molecule has 0 saturated heterocycles. The van der Waals surface area contributed by atoms with Crippen molar-refractivity contribution in [3.8, 4) is 11.8 Å². The molecule has 0 fully saturated rings. The van der Waals surface area contributed by atoms with Crippen LogP contribution in [0.2, 0.25) is 5.02 Å². The van der Waals surface area contributed by atoms with Gasteiger partial charge in [-0.25, -0.2) is 4.39 Å². The first kappa shape index (κ1) is 10.6. The average Bonchev–Trinajstić information content (AvgIpc) is 2.09. The maximum absolute atomic E-state index is 13.2. The number of hydrogen-bond acceptors (Lipinski definition) is 1. The molecule has 0 aliphatic rings. The van der Waals surface area contributed by atoms with Gasteiger partial charge < -0.3 is 5.73 Å². The van der Waals surface area contributed by atoms with Crippen LogP contribution in [0, 0.1) is 24.6 Å². The van der Waals surface area contributed by atoms with Gasteiger partial charge in [0.05, 0.1) is 5.56 Å². The fraction of sp³-hybridized carbons (Fsp3) is 0.100. The third kappa shape index (κ3) is 2.48. The molecule has 1 amide bonds. The minimum atomic E-state index is -0.805. The summed E-state index contributed by atoms with van der Waals surface area (Å²) in [6.45, 7) is 1.68. The fourth-order valence-corrected chi connectivity index (χ4v) is 1.03. The number of benzene rings is 1. The Kier molecular flexibility index (Phi) is 3.10. The van der Waals surface area contributed by atoms with Crippen LogP contribution in [0.4, 0.5) is 4.39 Å². The van der Waals surface area contributed by atoms with Crippen LogP contribution >= 0.6 is 11.6 Å². The third-order valence-electron chi connectivity index (χ3n) is 1.57. The van der Waals surface area contributed by atoms with Gasteiger partial charge in [0.2, 0.25) is 0 Å². The lowest BCUT2D eigenvalue weighted by Gasteiger charge is -1.99. The second-order valence-electron chi connectivity index (χ2n) is 2.70. The molecule has 0 saturated carbocycles. The minimum Gasteiger partial charge on any atom is -0.359 e. The Morgan fingerprint density at radius 2 is 2.21 bits per heavy atom. The summed E-state index contributed by atoms with van der Waals surface area (Å²) in [6.07, 6.45) is 0. The zero-order valence-electron chi connectivity index (χ0n) is 7.40. The molecule has 1 aromatic rings. The van der Waals surface area contributed by atoms with Crippen LogP contribution in [0.1, 0.15) is 11.1 Å². The summed E-state index contributed by atoms with van der Waals surface area (Å²) in [6, 6.07) is 2.62. The van der Waals surface area contributed by atoms with E-state index in [1.165, 1.54) is 12.1 Å². The van der Waals surface area contributed by atoms with Gasteiger partial charge in [-0.05, 0) is 24.6 Å². The smallest absolute Gasteiger partial charge is 0.293 e. The number of nitrogens with two attached hydrogens (primary N) is 1. The van der Waals surface area contributed by atoms with Gasteiger partial charge in [0.1, 0.15) is 5.82 Å². The van der Waals surface area contributed by atoms with E-state index in [9.17, 15) is 9.18 Å². The van der Waals surface area contributed by atoms with E-state index in [1.807, 2.05) is 5.92 Å². The first-order valence-electron chi connectivity index (χ1n) is 3.78. The summed E-state index contributed by atoms with van der Waals surface area (Å²) in [7, 11) is 0. The highest BCUT2D eigenvalue weighted by molar-refractivity contribution is 6.31. The zero-order chi connectivity index (χ0) is 10.7. The van der Waals surface area contributed by atoms with Crippen molar-refractivity contribution in [2.75, 3.05) is 0 Å². The molecule has 4 heteroatoms. The highest BCUT2D eigenvalue weighted by Gasteiger charge is 2.03. The van der Waals surface area contributed by atoms with Crippen molar-refractivity contribution in [2.24, 2.45) is 5.73 Å². The number of primary amides is 1. The number of hydrogen-bond donors (Lipinski definition) is 1. The second-order valence-corrected chi connectivity index (χ2v) is 3.10. The minimum absolute atomic E-state index is 0.0689. The lowest BCUT2D eigenvalue weighted by atomic mass is 10.1. The molecule has 0 heterocycles. The summed E-state index contributed by atoms with van der Waals surface area (Å²) in [5, 5.41) is 0.403. The van der Waals surface area contributed by atoms with Gasteiger partial charge in [0, 0.05) is 10.9 Å². The Labute approximate surface area is 85.9 Å². The van der Waals surface area contributed by atoms with Crippen molar-refractivity contribution in [3.05, 3.63) is 34.1 Å². The molecule has 14 heavy (non-hydrogen) atoms. The predicted octanol–water partition coefficient (Wildman–Crippen LogP) is 1.62. The van der Waals surface area contributed by atoms with E-state index in [0.29, 0.717) is 10.6 Å². The number of halogens is 2. The molecule has 0 spiro atoms. The highest BCUT2D eigenvalue weighted by Crippen LogP contribution is 2.19. The van der Waals surface area contributed by atoms with E-state index in [2.05, 4.69) is 5.92 Å². The molecule has 0 bridgehead atoms. The van der Waals surface area contributed by atoms with Crippen LogP contribution < -0.4 is 5.73 Å². The lowest BCUT2D eigenvalue weighted by Crippen LogP contribution is -2.06. The van der Waals surface area contributed by atoms with Crippen LogP contribution in [-0.4, -0.2) is 5.91 Å². The first-order chi connectivity index (χ1) is 6.50. The summed E-state index contributed by atoms with van der Waals surface area (Å²) < 4.78 is 13.2. The van der Waals surface area contributed by atoms with Crippen molar-refractivity contribution in [1.82, 2.24) is 0 Å². The van der Waals surface area contributed by atoms with E-state index in [-0.39, 0.29) is 5.56 Å².